The van der Waals surface area contributed by atoms with Crippen LogP contribution in [0.1, 0.15) is 6.42 Å². The molecule has 1 atom stereocenters. The van der Waals surface area contributed by atoms with Crippen LogP contribution in [0.15, 0.2) is 48.7 Å². The van der Waals surface area contributed by atoms with Crippen molar-refractivity contribution in [2.75, 3.05) is 31.6 Å². The average Bonchev–Trinajstić information content (AvgIpc) is 3.06. The Kier molecular flexibility index (Phi) is 4.66. The van der Waals surface area contributed by atoms with Crippen LogP contribution in [-0.2, 0) is 9.59 Å². The first-order valence-corrected chi connectivity index (χ1v) is 8.95. The number of carbonyl (C=O) groups is 2. The molecular formula is C20H21N3O4. The number of pyridine rings is 1. The van der Waals surface area contributed by atoms with E-state index in [0.29, 0.717) is 25.5 Å². The van der Waals surface area contributed by atoms with Crippen molar-refractivity contribution in [1.82, 2.24) is 9.88 Å². The highest BCUT2D eigenvalue weighted by atomic mass is 16.5. The number of likely N-dealkylation sites (tertiary alicyclic amines) is 1. The first-order valence-electron chi connectivity index (χ1n) is 8.95. The standard InChI is InChI=1S/C20H21N3O4/c1-26-16-7-5-15(6-8-16)23-11-14(10-19(23)24)20(25)22-12-17(13-22)27-18-4-2-3-9-21-18/h2-9,14,17H,10-13H2,1H3. The minimum Gasteiger partial charge on any atom is -0.497 e. The van der Waals surface area contributed by atoms with Crippen LogP contribution >= 0.6 is 0 Å². The van der Waals surface area contributed by atoms with Crippen molar-refractivity contribution in [3.8, 4) is 11.6 Å². The monoisotopic (exact) mass is 367 g/mol. The molecule has 0 aliphatic carbocycles. The number of hydrogen-bond acceptors (Lipinski definition) is 5. The van der Waals surface area contributed by atoms with Gasteiger partial charge < -0.3 is 19.3 Å². The summed E-state index contributed by atoms with van der Waals surface area (Å²) in [5.74, 6) is 0.977. The van der Waals surface area contributed by atoms with Gasteiger partial charge in [-0.3, -0.25) is 9.59 Å². The summed E-state index contributed by atoms with van der Waals surface area (Å²) in [4.78, 5) is 32.6. The summed E-state index contributed by atoms with van der Waals surface area (Å²) < 4.78 is 10.9. The van der Waals surface area contributed by atoms with E-state index in [2.05, 4.69) is 4.98 Å². The fourth-order valence-corrected chi connectivity index (χ4v) is 3.42. The van der Waals surface area contributed by atoms with Gasteiger partial charge in [0.2, 0.25) is 17.7 Å². The van der Waals surface area contributed by atoms with Crippen molar-refractivity contribution in [3.63, 3.8) is 0 Å². The largest absolute Gasteiger partial charge is 0.497 e. The van der Waals surface area contributed by atoms with Crippen molar-refractivity contribution in [2.45, 2.75) is 12.5 Å². The summed E-state index contributed by atoms with van der Waals surface area (Å²) in [7, 11) is 1.60. The third kappa shape index (κ3) is 3.58. The van der Waals surface area contributed by atoms with Crippen molar-refractivity contribution < 1.29 is 19.1 Å². The Morgan fingerprint density at radius 2 is 1.89 bits per heavy atom. The van der Waals surface area contributed by atoms with E-state index in [1.54, 1.807) is 29.2 Å². The molecular weight excluding hydrogens is 346 g/mol. The fourth-order valence-electron chi connectivity index (χ4n) is 3.42. The number of aromatic nitrogens is 1. The van der Waals surface area contributed by atoms with Crippen LogP contribution in [0.3, 0.4) is 0 Å². The van der Waals surface area contributed by atoms with Gasteiger partial charge in [0.1, 0.15) is 11.9 Å². The highest BCUT2D eigenvalue weighted by molar-refractivity contribution is 6.00. The molecule has 0 bridgehead atoms. The third-order valence-electron chi connectivity index (χ3n) is 4.94. The second kappa shape index (κ2) is 7.26. The Labute approximate surface area is 157 Å². The van der Waals surface area contributed by atoms with Gasteiger partial charge in [-0.15, -0.1) is 0 Å². The van der Waals surface area contributed by atoms with Crippen LogP contribution in [0.2, 0.25) is 0 Å². The zero-order valence-electron chi connectivity index (χ0n) is 15.1. The number of methoxy groups -OCH3 is 1. The number of amides is 2. The molecule has 140 valence electrons. The molecule has 2 saturated heterocycles. The molecule has 2 aliphatic rings. The lowest BCUT2D eigenvalue weighted by atomic mass is 10.0. The van der Waals surface area contributed by atoms with Crippen molar-refractivity contribution >= 4 is 17.5 Å². The van der Waals surface area contributed by atoms with Crippen molar-refractivity contribution in [2.24, 2.45) is 5.92 Å². The molecule has 4 rings (SSSR count). The van der Waals surface area contributed by atoms with E-state index < -0.39 is 0 Å². The lowest BCUT2D eigenvalue weighted by Crippen LogP contribution is -2.57. The molecule has 27 heavy (non-hydrogen) atoms. The van der Waals surface area contributed by atoms with E-state index in [9.17, 15) is 9.59 Å². The van der Waals surface area contributed by atoms with E-state index in [0.717, 1.165) is 11.4 Å². The van der Waals surface area contributed by atoms with Gasteiger partial charge in [-0.1, -0.05) is 6.07 Å². The number of ether oxygens (including phenoxy) is 2. The molecule has 1 aromatic heterocycles. The average molecular weight is 367 g/mol. The molecule has 0 N–H and O–H groups in total. The van der Waals surface area contributed by atoms with Crippen LogP contribution in [0, 0.1) is 5.92 Å². The Hall–Kier alpha value is -3.09. The van der Waals surface area contributed by atoms with Crippen LogP contribution in [0.4, 0.5) is 5.69 Å². The summed E-state index contributed by atoms with van der Waals surface area (Å²) in [6, 6.07) is 12.8. The number of nitrogens with zero attached hydrogens (tertiary/aromatic N) is 3. The molecule has 1 aromatic carbocycles. The molecule has 3 heterocycles. The Balaban J connectivity index is 1.32. The maximum atomic E-state index is 12.7. The molecule has 7 nitrogen and oxygen atoms in total. The second-order valence-electron chi connectivity index (χ2n) is 6.75. The quantitative estimate of drug-likeness (QED) is 0.805. The second-order valence-corrected chi connectivity index (χ2v) is 6.75. The molecule has 2 aliphatic heterocycles. The van der Waals surface area contributed by atoms with Crippen LogP contribution in [-0.4, -0.2) is 54.5 Å². The predicted octanol–water partition coefficient (Wildman–Crippen LogP) is 1.73. The van der Waals surface area contributed by atoms with E-state index in [4.69, 9.17) is 9.47 Å². The minimum atomic E-state index is -0.310. The molecule has 1 unspecified atom stereocenters. The fraction of sp³-hybridized carbons (Fsp3) is 0.350. The number of anilines is 1. The van der Waals surface area contributed by atoms with Crippen LogP contribution < -0.4 is 14.4 Å². The van der Waals surface area contributed by atoms with Gasteiger partial charge in [-0.05, 0) is 30.3 Å². The van der Waals surface area contributed by atoms with Gasteiger partial charge in [-0.2, -0.15) is 0 Å². The van der Waals surface area contributed by atoms with Gasteiger partial charge in [0, 0.05) is 30.9 Å². The lowest BCUT2D eigenvalue weighted by Gasteiger charge is -2.39. The maximum absolute atomic E-state index is 12.7. The van der Waals surface area contributed by atoms with Crippen LogP contribution in [0.25, 0.3) is 0 Å². The Morgan fingerprint density at radius 1 is 1.11 bits per heavy atom. The smallest absolute Gasteiger partial charge is 0.228 e. The van der Waals surface area contributed by atoms with E-state index in [1.807, 2.05) is 36.4 Å². The van der Waals surface area contributed by atoms with E-state index in [-0.39, 0.29) is 30.3 Å². The summed E-state index contributed by atoms with van der Waals surface area (Å²) >= 11 is 0. The normalized spacial score (nSPS) is 19.7. The molecule has 0 saturated carbocycles. The first kappa shape index (κ1) is 17.3. The molecule has 2 amide bonds. The SMILES string of the molecule is COc1ccc(N2CC(C(=O)N3CC(Oc4ccccn4)C3)CC2=O)cc1. The van der Waals surface area contributed by atoms with E-state index in [1.165, 1.54) is 0 Å². The molecule has 0 spiro atoms. The summed E-state index contributed by atoms with van der Waals surface area (Å²) in [6.07, 6.45) is 1.88. The van der Waals surface area contributed by atoms with Crippen LogP contribution in [0.5, 0.6) is 11.6 Å². The Morgan fingerprint density at radius 3 is 2.56 bits per heavy atom. The molecule has 7 heteroatoms. The molecule has 2 fully saturated rings. The maximum Gasteiger partial charge on any atom is 0.228 e. The number of rotatable bonds is 5. The minimum absolute atomic E-state index is 0.0141. The summed E-state index contributed by atoms with van der Waals surface area (Å²) in [5.41, 5.74) is 0.788. The van der Waals surface area contributed by atoms with Gasteiger partial charge in [-0.25, -0.2) is 4.98 Å². The predicted molar refractivity (Wildman–Crippen MR) is 98.7 cm³/mol. The van der Waals surface area contributed by atoms with E-state index >= 15 is 0 Å². The lowest BCUT2D eigenvalue weighted by molar-refractivity contribution is -0.144. The van der Waals surface area contributed by atoms with Gasteiger partial charge in [0.25, 0.3) is 0 Å². The van der Waals surface area contributed by atoms with Gasteiger partial charge in [0.15, 0.2) is 0 Å². The topological polar surface area (TPSA) is 72.0 Å². The van der Waals surface area contributed by atoms with Gasteiger partial charge >= 0.3 is 0 Å². The number of carbonyl (C=O) groups excluding carboxylic acids is 2. The highest BCUT2D eigenvalue weighted by Crippen LogP contribution is 2.29. The van der Waals surface area contributed by atoms with Crippen molar-refractivity contribution in [3.05, 3.63) is 48.7 Å². The third-order valence-corrected chi connectivity index (χ3v) is 4.94. The van der Waals surface area contributed by atoms with Crippen molar-refractivity contribution in [1.29, 1.82) is 0 Å². The number of benzene rings is 1. The first-order chi connectivity index (χ1) is 13.1. The highest BCUT2D eigenvalue weighted by Gasteiger charge is 2.41. The summed E-state index contributed by atoms with van der Waals surface area (Å²) in [6.45, 7) is 1.47. The number of hydrogen-bond donors (Lipinski definition) is 0. The molecule has 0 radical (unpaired) electrons. The summed E-state index contributed by atoms with van der Waals surface area (Å²) in [5, 5.41) is 0. The zero-order chi connectivity index (χ0) is 18.8. The van der Waals surface area contributed by atoms with Gasteiger partial charge in [0.05, 0.1) is 26.1 Å². The zero-order valence-corrected chi connectivity index (χ0v) is 15.1. The molecule has 2 aromatic rings. The Bertz CT molecular complexity index is 819.